The summed E-state index contributed by atoms with van der Waals surface area (Å²) in [5.74, 6) is 0. The van der Waals surface area contributed by atoms with Crippen molar-refractivity contribution >= 4 is 6.09 Å². The predicted octanol–water partition coefficient (Wildman–Crippen LogP) is 2.03. The largest absolute Gasteiger partial charge is 0.444 e. The van der Waals surface area contributed by atoms with Gasteiger partial charge in [0.25, 0.3) is 0 Å². The average molecular weight is 215 g/mol. The summed E-state index contributed by atoms with van der Waals surface area (Å²) in [7, 11) is 0. The summed E-state index contributed by atoms with van der Waals surface area (Å²) in [5, 5.41) is 0. The van der Waals surface area contributed by atoms with Gasteiger partial charge in [-0.25, -0.2) is 4.79 Å². The van der Waals surface area contributed by atoms with E-state index in [1.165, 1.54) is 0 Å². The molecule has 4 nitrogen and oxygen atoms in total. The summed E-state index contributed by atoms with van der Waals surface area (Å²) >= 11 is 0. The summed E-state index contributed by atoms with van der Waals surface area (Å²) in [4.78, 5) is 13.6. The third-order valence-corrected chi connectivity index (χ3v) is 2.24. The van der Waals surface area contributed by atoms with Crippen LogP contribution < -0.4 is 0 Å². The summed E-state index contributed by atoms with van der Waals surface area (Å²) in [6.45, 7) is 10.7. The standard InChI is InChI=1S/C11H21NO3/c1-8-7-14-9(2)6-12(8)10(13)15-11(3,4)5/h8-9H,6-7H2,1-5H3. The van der Waals surface area contributed by atoms with Gasteiger partial charge in [-0.2, -0.15) is 0 Å². The smallest absolute Gasteiger partial charge is 0.410 e. The fraction of sp³-hybridized carbons (Fsp3) is 0.909. The van der Waals surface area contributed by atoms with Gasteiger partial charge < -0.3 is 14.4 Å². The van der Waals surface area contributed by atoms with E-state index in [9.17, 15) is 4.79 Å². The average Bonchev–Trinajstić information content (AvgIpc) is 2.06. The van der Waals surface area contributed by atoms with Crippen molar-refractivity contribution in [3.05, 3.63) is 0 Å². The zero-order chi connectivity index (χ0) is 11.6. The first kappa shape index (κ1) is 12.3. The number of carbonyl (C=O) groups is 1. The molecular weight excluding hydrogens is 194 g/mol. The van der Waals surface area contributed by atoms with Gasteiger partial charge in [0.1, 0.15) is 5.60 Å². The molecule has 0 bridgehead atoms. The molecule has 1 aliphatic heterocycles. The predicted molar refractivity (Wildman–Crippen MR) is 57.8 cm³/mol. The van der Waals surface area contributed by atoms with E-state index in [0.29, 0.717) is 13.2 Å². The Kier molecular flexibility index (Phi) is 3.60. The molecule has 0 aromatic rings. The molecule has 0 radical (unpaired) electrons. The number of nitrogens with zero attached hydrogens (tertiary/aromatic N) is 1. The van der Waals surface area contributed by atoms with Crippen LogP contribution in [0.3, 0.4) is 0 Å². The maximum atomic E-state index is 11.8. The molecule has 2 unspecified atom stereocenters. The summed E-state index contributed by atoms with van der Waals surface area (Å²) in [6.07, 6.45) is -0.154. The van der Waals surface area contributed by atoms with Gasteiger partial charge >= 0.3 is 6.09 Å². The number of carbonyl (C=O) groups excluding carboxylic acids is 1. The summed E-state index contributed by atoms with van der Waals surface area (Å²) < 4.78 is 10.8. The minimum atomic E-state index is -0.432. The Bertz CT molecular complexity index is 234. The van der Waals surface area contributed by atoms with E-state index in [-0.39, 0.29) is 18.2 Å². The zero-order valence-electron chi connectivity index (χ0n) is 10.2. The molecule has 1 fully saturated rings. The molecule has 0 aromatic heterocycles. The molecule has 0 N–H and O–H groups in total. The van der Waals surface area contributed by atoms with Crippen LogP contribution in [0.4, 0.5) is 4.79 Å². The van der Waals surface area contributed by atoms with Crippen LogP contribution in [-0.2, 0) is 9.47 Å². The monoisotopic (exact) mass is 215 g/mol. The van der Waals surface area contributed by atoms with Crippen molar-refractivity contribution in [2.24, 2.45) is 0 Å². The highest BCUT2D eigenvalue weighted by molar-refractivity contribution is 5.68. The van der Waals surface area contributed by atoms with Crippen molar-refractivity contribution in [2.75, 3.05) is 13.2 Å². The Morgan fingerprint density at radius 2 is 2.00 bits per heavy atom. The van der Waals surface area contributed by atoms with Crippen molar-refractivity contribution in [1.29, 1.82) is 0 Å². The van der Waals surface area contributed by atoms with E-state index < -0.39 is 5.60 Å². The second-order valence-electron chi connectivity index (χ2n) is 5.13. The summed E-state index contributed by atoms with van der Waals surface area (Å²) in [6, 6.07) is 0.0936. The second kappa shape index (κ2) is 4.39. The highest BCUT2D eigenvalue weighted by Crippen LogP contribution is 2.16. The van der Waals surface area contributed by atoms with Crippen LogP contribution in [0.25, 0.3) is 0 Å². The Labute approximate surface area is 91.5 Å². The highest BCUT2D eigenvalue weighted by atomic mass is 16.6. The van der Waals surface area contributed by atoms with E-state index in [2.05, 4.69) is 0 Å². The first-order valence-electron chi connectivity index (χ1n) is 5.41. The minimum Gasteiger partial charge on any atom is -0.444 e. The maximum Gasteiger partial charge on any atom is 0.410 e. The van der Waals surface area contributed by atoms with Gasteiger partial charge in [0.2, 0.25) is 0 Å². The van der Waals surface area contributed by atoms with Gasteiger partial charge in [-0.05, 0) is 34.6 Å². The normalized spacial score (nSPS) is 27.7. The van der Waals surface area contributed by atoms with Crippen LogP contribution in [0.2, 0.25) is 0 Å². The molecule has 0 spiro atoms. The summed E-state index contributed by atoms with van der Waals surface area (Å²) in [5.41, 5.74) is -0.432. The molecule has 1 aliphatic rings. The Balaban J connectivity index is 2.57. The Morgan fingerprint density at radius 3 is 2.53 bits per heavy atom. The van der Waals surface area contributed by atoms with E-state index >= 15 is 0 Å². The molecule has 0 aliphatic carbocycles. The molecule has 1 saturated heterocycles. The first-order chi connectivity index (χ1) is 6.79. The van der Waals surface area contributed by atoms with Crippen LogP contribution in [-0.4, -0.2) is 41.9 Å². The van der Waals surface area contributed by atoms with Crippen LogP contribution in [0.1, 0.15) is 34.6 Å². The van der Waals surface area contributed by atoms with Gasteiger partial charge in [-0.15, -0.1) is 0 Å². The molecule has 1 rings (SSSR count). The fourth-order valence-electron chi connectivity index (χ4n) is 1.48. The van der Waals surface area contributed by atoms with E-state index in [1.807, 2.05) is 34.6 Å². The molecular formula is C11H21NO3. The lowest BCUT2D eigenvalue weighted by Crippen LogP contribution is -2.51. The molecule has 4 heteroatoms. The van der Waals surface area contributed by atoms with Gasteiger partial charge in [-0.3, -0.25) is 0 Å². The fourth-order valence-corrected chi connectivity index (χ4v) is 1.48. The van der Waals surface area contributed by atoms with Crippen LogP contribution in [0.15, 0.2) is 0 Å². The Hall–Kier alpha value is -0.770. The molecule has 0 aromatic carbocycles. The lowest BCUT2D eigenvalue weighted by atomic mass is 10.2. The second-order valence-corrected chi connectivity index (χ2v) is 5.13. The number of hydrogen-bond donors (Lipinski definition) is 0. The third-order valence-electron chi connectivity index (χ3n) is 2.24. The topological polar surface area (TPSA) is 38.8 Å². The van der Waals surface area contributed by atoms with Crippen molar-refractivity contribution in [3.8, 4) is 0 Å². The van der Waals surface area contributed by atoms with Crippen molar-refractivity contribution in [1.82, 2.24) is 4.90 Å². The first-order valence-corrected chi connectivity index (χ1v) is 5.41. The van der Waals surface area contributed by atoms with Crippen molar-refractivity contribution < 1.29 is 14.3 Å². The number of morpholine rings is 1. The van der Waals surface area contributed by atoms with Gasteiger partial charge in [-0.1, -0.05) is 0 Å². The number of hydrogen-bond acceptors (Lipinski definition) is 3. The SMILES string of the molecule is CC1CN(C(=O)OC(C)(C)C)C(C)CO1. The Morgan fingerprint density at radius 1 is 1.40 bits per heavy atom. The van der Waals surface area contributed by atoms with Crippen LogP contribution in [0.5, 0.6) is 0 Å². The molecule has 88 valence electrons. The lowest BCUT2D eigenvalue weighted by molar-refractivity contribution is -0.0587. The van der Waals surface area contributed by atoms with E-state index in [0.717, 1.165) is 0 Å². The van der Waals surface area contributed by atoms with E-state index in [4.69, 9.17) is 9.47 Å². The third kappa shape index (κ3) is 3.70. The molecule has 1 amide bonds. The zero-order valence-corrected chi connectivity index (χ0v) is 10.2. The lowest BCUT2D eigenvalue weighted by Gasteiger charge is -2.37. The van der Waals surface area contributed by atoms with Gasteiger partial charge in [0.15, 0.2) is 0 Å². The molecule has 0 saturated carbocycles. The molecule has 2 atom stereocenters. The minimum absolute atomic E-state index is 0.0914. The molecule has 15 heavy (non-hydrogen) atoms. The van der Waals surface area contributed by atoms with E-state index in [1.54, 1.807) is 4.90 Å². The highest BCUT2D eigenvalue weighted by Gasteiger charge is 2.30. The molecule has 1 heterocycles. The van der Waals surface area contributed by atoms with Crippen LogP contribution >= 0.6 is 0 Å². The number of rotatable bonds is 0. The number of amides is 1. The van der Waals surface area contributed by atoms with Crippen LogP contribution in [0, 0.1) is 0 Å². The quantitative estimate of drug-likeness (QED) is 0.620. The van der Waals surface area contributed by atoms with Crippen molar-refractivity contribution in [3.63, 3.8) is 0 Å². The van der Waals surface area contributed by atoms with Crippen molar-refractivity contribution in [2.45, 2.75) is 52.4 Å². The van der Waals surface area contributed by atoms with Gasteiger partial charge in [0, 0.05) is 0 Å². The maximum absolute atomic E-state index is 11.8. The number of ether oxygens (including phenoxy) is 2. The van der Waals surface area contributed by atoms with Gasteiger partial charge in [0.05, 0.1) is 25.3 Å².